The van der Waals surface area contributed by atoms with E-state index in [4.69, 9.17) is 4.98 Å². The number of rotatable bonds is 5. The Balaban J connectivity index is 1.31. The lowest BCUT2D eigenvalue weighted by Crippen LogP contribution is -2.30. The van der Waals surface area contributed by atoms with Crippen LogP contribution in [0.4, 0.5) is 0 Å². The number of likely N-dealkylation sites (tertiary alicyclic amines) is 1. The Morgan fingerprint density at radius 2 is 1.93 bits per heavy atom. The first-order valence-corrected chi connectivity index (χ1v) is 10.7. The number of thiazole rings is 1. The fourth-order valence-electron chi connectivity index (χ4n) is 3.84. The quantitative estimate of drug-likeness (QED) is 0.503. The molecule has 5 rings (SSSR count). The van der Waals surface area contributed by atoms with Crippen molar-refractivity contribution in [2.75, 3.05) is 6.54 Å². The van der Waals surface area contributed by atoms with Crippen molar-refractivity contribution in [2.24, 2.45) is 0 Å². The molecule has 1 atom stereocenters. The summed E-state index contributed by atoms with van der Waals surface area (Å²) in [7, 11) is 0. The molecule has 0 spiro atoms. The number of aromatic nitrogens is 4. The molecular formula is C22H21N5OS. The predicted molar refractivity (Wildman–Crippen MR) is 113 cm³/mol. The first-order valence-electron chi connectivity index (χ1n) is 9.88. The highest BCUT2D eigenvalue weighted by Crippen LogP contribution is 2.37. The molecule has 0 saturated carbocycles. The highest BCUT2D eigenvalue weighted by Gasteiger charge is 2.34. The second-order valence-electron chi connectivity index (χ2n) is 7.28. The van der Waals surface area contributed by atoms with Gasteiger partial charge in [0.1, 0.15) is 5.01 Å². The third kappa shape index (κ3) is 3.65. The molecular weight excluding hydrogens is 382 g/mol. The molecule has 1 amide bonds. The Bertz CT molecular complexity index is 1100. The Kier molecular flexibility index (Phi) is 4.81. The maximum absolute atomic E-state index is 13.1. The first kappa shape index (κ1) is 18.0. The molecule has 2 aromatic carbocycles. The van der Waals surface area contributed by atoms with Crippen LogP contribution in [-0.4, -0.2) is 37.3 Å². The molecule has 0 bridgehead atoms. The molecule has 1 unspecified atom stereocenters. The highest BCUT2D eigenvalue weighted by molar-refractivity contribution is 7.18. The van der Waals surface area contributed by atoms with Crippen molar-refractivity contribution in [2.45, 2.75) is 31.8 Å². The zero-order valence-corrected chi connectivity index (χ0v) is 16.8. The van der Waals surface area contributed by atoms with Crippen molar-refractivity contribution in [3.63, 3.8) is 0 Å². The summed E-state index contributed by atoms with van der Waals surface area (Å²) in [6, 6.07) is 18.4. The van der Waals surface area contributed by atoms with Gasteiger partial charge in [-0.3, -0.25) is 9.48 Å². The summed E-state index contributed by atoms with van der Waals surface area (Å²) in [5.74, 6) is -0.0577. The van der Waals surface area contributed by atoms with Gasteiger partial charge >= 0.3 is 0 Å². The van der Waals surface area contributed by atoms with Crippen LogP contribution in [-0.2, 0) is 13.0 Å². The summed E-state index contributed by atoms with van der Waals surface area (Å²) in [5.41, 5.74) is 2.65. The maximum Gasteiger partial charge on any atom is 0.276 e. The molecule has 1 fully saturated rings. The maximum atomic E-state index is 13.1. The molecule has 1 saturated heterocycles. The predicted octanol–water partition coefficient (Wildman–Crippen LogP) is 4.11. The van der Waals surface area contributed by atoms with E-state index in [1.54, 1.807) is 22.2 Å². The third-order valence-corrected chi connectivity index (χ3v) is 6.48. The van der Waals surface area contributed by atoms with E-state index in [1.165, 1.54) is 5.56 Å². The van der Waals surface area contributed by atoms with Crippen LogP contribution in [0, 0.1) is 0 Å². The number of amides is 1. The van der Waals surface area contributed by atoms with Gasteiger partial charge in [-0.05, 0) is 37.0 Å². The Hall–Kier alpha value is -3.06. The molecule has 0 aliphatic carbocycles. The SMILES string of the molecule is O=C(c1cn(CCc2ccccc2)nn1)N1CCCC1c1nc2ccccc2s1. The second kappa shape index (κ2) is 7.75. The number of aryl methyl sites for hydroxylation is 2. The van der Waals surface area contributed by atoms with Crippen LogP contribution in [0.15, 0.2) is 60.8 Å². The van der Waals surface area contributed by atoms with Gasteiger partial charge in [0, 0.05) is 13.1 Å². The normalized spacial score (nSPS) is 16.6. The van der Waals surface area contributed by atoms with Crippen molar-refractivity contribution in [1.29, 1.82) is 0 Å². The minimum Gasteiger partial charge on any atom is -0.328 e. The third-order valence-electron chi connectivity index (χ3n) is 5.34. The number of nitrogens with zero attached hydrogens (tertiary/aromatic N) is 5. The van der Waals surface area contributed by atoms with Gasteiger partial charge in [-0.25, -0.2) is 4.98 Å². The molecule has 4 aromatic rings. The molecule has 0 N–H and O–H groups in total. The lowest BCUT2D eigenvalue weighted by atomic mass is 10.1. The monoisotopic (exact) mass is 403 g/mol. The number of carbonyl (C=O) groups excluding carboxylic acids is 1. The molecule has 1 aliphatic rings. The number of hydrogen-bond donors (Lipinski definition) is 0. The van der Waals surface area contributed by atoms with Gasteiger partial charge in [-0.1, -0.05) is 47.7 Å². The number of para-hydroxylation sites is 1. The number of benzene rings is 2. The first-order chi connectivity index (χ1) is 14.3. The molecule has 7 heteroatoms. The molecule has 1 aliphatic heterocycles. The average Bonchev–Trinajstić information content (AvgIpc) is 3.51. The number of fused-ring (bicyclic) bond motifs is 1. The Labute approximate surface area is 172 Å². The number of hydrogen-bond acceptors (Lipinski definition) is 5. The van der Waals surface area contributed by atoms with Crippen LogP contribution >= 0.6 is 11.3 Å². The van der Waals surface area contributed by atoms with Crippen molar-refractivity contribution >= 4 is 27.5 Å². The van der Waals surface area contributed by atoms with Gasteiger partial charge in [-0.15, -0.1) is 16.4 Å². The molecule has 6 nitrogen and oxygen atoms in total. The van der Waals surface area contributed by atoms with E-state index in [9.17, 15) is 4.79 Å². The molecule has 2 aromatic heterocycles. The lowest BCUT2D eigenvalue weighted by molar-refractivity contribution is 0.0729. The van der Waals surface area contributed by atoms with Crippen LogP contribution < -0.4 is 0 Å². The van der Waals surface area contributed by atoms with E-state index >= 15 is 0 Å². The van der Waals surface area contributed by atoms with Gasteiger partial charge in [-0.2, -0.15) is 0 Å². The van der Waals surface area contributed by atoms with E-state index in [2.05, 4.69) is 28.5 Å². The summed E-state index contributed by atoms with van der Waals surface area (Å²) in [4.78, 5) is 19.8. The van der Waals surface area contributed by atoms with Gasteiger partial charge < -0.3 is 4.90 Å². The van der Waals surface area contributed by atoms with Crippen LogP contribution in [0.25, 0.3) is 10.2 Å². The van der Waals surface area contributed by atoms with Crippen LogP contribution in [0.5, 0.6) is 0 Å². The zero-order valence-electron chi connectivity index (χ0n) is 15.9. The Morgan fingerprint density at radius 1 is 1.10 bits per heavy atom. The van der Waals surface area contributed by atoms with E-state index < -0.39 is 0 Å². The second-order valence-corrected chi connectivity index (χ2v) is 8.34. The van der Waals surface area contributed by atoms with Crippen LogP contribution in [0.1, 0.15) is 39.9 Å². The zero-order chi connectivity index (χ0) is 19.6. The van der Waals surface area contributed by atoms with Crippen LogP contribution in [0.2, 0.25) is 0 Å². The van der Waals surface area contributed by atoms with Crippen molar-refractivity contribution in [3.05, 3.63) is 77.1 Å². The number of carbonyl (C=O) groups is 1. The summed E-state index contributed by atoms with van der Waals surface area (Å²) in [5, 5.41) is 9.32. The van der Waals surface area contributed by atoms with Gasteiger partial charge in [0.25, 0.3) is 5.91 Å². The van der Waals surface area contributed by atoms with Gasteiger partial charge in [0.2, 0.25) is 0 Å². The largest absolute Gasteiger partial charge is 0.328 e. The molecule has 29 heavy (non-hydrogen) atoms. The average molecular weight is 404 g/mol. The fourth-order valence-corrected chi connectivity index (χ4v) is 4.96. The summed E-state index contributed by atoms with van der Waals surface area (Å²) in [6.07, 6.45) is 4.54. The van der Waals surface area contributed by atoms with E-state index in [-0.39, 0.29) is 11.9 Å². The topological polar surface area (TPSA) is 63.9 Å². The molecule has 3 heterocycles. The highest BCUT2D eigenvalue weighted by atomic mass is 32.1. The van der Waals surface area contributed by atoms with Crippen molar-refractivity contribution in [3.8, 4) is 0 Å². The lowest BCUT2D eigenvalue weighted by Gasteiger charge is -2.21. The minimum atomic E-state index is -0.0577. The minimum absolute atomic E-state index is 0.0226. The molecule has 0 radical (unpaired) electrons. The van der Waals surface area contributed by atoms with Gasteiger partial charge in [0.15, 0.2) is 5.69 Å². The van der Waals surface area contributed by atoms with Gasteiger partial charge in [0.05, 0.1) is 22.5 Å². The standard InChI is InChI=1S/C22H21N5OS/c28-22(18-15-26(25-24-18)14-12-16-7-2-1-3-8-16)27-13-6-10-19(27)21-23-17-9-4-5-11-20(17)29-21/h1-5,7-9,11,15,19H,6,10,12-14H2. The van der Waals surface area contributed by atoms with Crippen LogP contribution in [0.3, 0.4) is 0 Å². The van der Waals surface area contributed by atoms with Crippen molar-refractivity contribution in [1.82, 2.24) is 24.9 Å². The van der Waals surface area contributed by atoms with Crippen molar-refractivity contribution < 1.29 is 4.79 Å². The van der Waals surface area contributed by atoms with E-state index in [0.29, 0.717) is 12.2 Å². The Morgan fingerprint density at radius 3 is 2.79 bits per heavy atom. The molecule has 146 valence electrons. The van der Waals surface area contributed by atoms with E-state index in [1.807, 2.05) is 41.3 Å². The summed E-state index contributed by atoms with van der Waals surface area (Å²) >= 11 is 1.68. The van der Waals surface area contributed by atoms with E-state index in [0.717, 1.165) is 41.0 Å². The summed E-state index contributed by atoms with van der Waals surface area (Å²) in [6.45, 7) is 1.43. The fraction of sp³-hybridized carbons (Fsp3) is 0.273. The smallest absolute Gasteiger partial charge is 0.276 e. The summed E-state index contributed by atoms with van der Waals surface area (Å²) < 4.78 is 2.91.